The van der Waals surface area contributed by atoms with Crippen molar-refractivity contribution in [1.29, 1.82) is 5.26 Å². The van der Waals surface area contributed by atoms with E-state index in [4.69, 9.17) is 27.0 Å². The quantitative estimate of drug-likeness (QED) is 0.396. The van der Waals surface area contributed by atoms with Crippen molar-refractivity contribution in [3.8, 4) is 6.07 Å². The number of hydrogen-bond acceptors (Lipinski definition) is 7. The summed E-state index contributed by atoms with van der Waals surface area (Å²) in [6.45, 7) is 0. The van der Waals surface area contributed by atoms with Crippen LogP contribution < -0.4 is 5.73 Å². The maximum Gasteiger partial charge on any atom is 0.190 e. The second-order valence-electron chi connectivity index (χ2n) is 4.54. The third kappa shape index (κ3) is 3.58. The van der Waals surface area contributed by atoms with Crippen LogP contribution in [0.5, 0.6) is 0 Å². The number of anilines is 1. The smallest absolute Gasteiger partial charge is 0.190 e. The molecule has 23 heavy (non-hydrogen) atoms. The van der Waals surface area contributed by atoms with Crippen molar-refractivity contribution in [2.45, 2.75) is 11.6 Å². The summed E-state index contributed by atoms with van der Waals surface area (Å²) in [4.78, 5) is 12.5. The Balaban J connectivity index is 1.73. The first-order chi connectivity index (χ1) is 11.1. The van der Waals surface area contributed by atoms with E-state index in [2.05, 4.69) is 30.9 Å². The van der Waals surface area contributed by atoms with Crippen LogP contribution >= 0.6 is 39.3 Å². The number of nitrogen functional groups attached to an aromatic ring is 1. The van der Waals surface area contributed by atoms with Crippen LogP contribution in [0.2, 0.25) is 5.15 Å². The van der Waals surface area contributed by atoms with Gasteiger partial charge in [-0.3, -0.25) is 0 Å². The molecule has 0 radical (unpaired) electrons. The highest BCUT2D eigenvalue weighted by Gasteiger charge is 2.11. The van der Waals surface area contributed by atoms with Gasteiger partial charge in [0.1, 0.15) is 23.8 Å². The molecule has 2 N–H and O–H groups in total. The van der Waals surface area contributed by atoms with Crippen LogP contribution in [0.3, 0.4) is 0 Å². The topological polar surface area (TPSA) is 102 Å². The molecule has 0 aliphatic heterocycles. The first-order valence-corrected chi connectivity index (χ1v) is 8.62. The van der Waals surface area contributed by atoms with E-state index in [0.29, 0.717) is 28.1 Å². The van der Waals surface area contributed by atoms with Gasteiger partial charge in [-0.05, 0) is 28.4 Å². The van der Waals surface area contributed by atoms with Gasteiger partial charge >= 0.3 is 0 Å². The van der Waals surface area contributed by atoms with E-state index in [0.717, 1.165) is 15.6 Å². The summed E-state index contributed by atoms with van der Waals surface area (Å²) in [5.41, 5.74) is 7.30. The number of pyridine rings is 1. The number of nitriles is 1. The van der Waals surface area contributed by atoms with Gasteiger partial charge < -0.3 is 10.2 Å². The number of halogens is 2. The van der Waals surface area contributed by atoms with Gasteiger partial charge in [0.05, 0.1) is 4.47 Å². The summed E-state index contributed by atoms with van der Waals surface area (Å²) in [6, 6.07) is 5.32. The van der Waals surface area contributed by atoms with E-state index in [1.54, 1.807) is 6.26 Å². The second kappa shape index (κ2) is 6.74. The zero-order valence-electron chi connectivity index (χ0n) is 11.6. The molecule has 0 spiro atoms. The average Bonchev–Trinajstić information content (AvgIpc) is 2.89. The van der Waals surface area contributed by atoms with Crippen molar-refractivity contribution in [2.24, 2.45) is 0 Å². The van der Waals surface area contributed by atoms with Crippen molar-refractivity contribution in [2.75, 3.05) is 11.5 Å². The number of rotatable bonds is 4. The third-order valence-electron chi connectivity index (χ3n) is 2.95. The van der Waals surface area contributed by atoms with E-state index in [1.807, 2.05) is 12.1 Å². The van der Waals surface area contributed by atoms with E-state index >= 15 is 0 Å². The predicted molar refractivity (Wildman–Crippen MR) is 92.3 cm³/mol. The standard InChI is InChI=1S/C14H9BrClN5OS/c15-10-6-22-12-9(10)3-7(19-13(12)16)1-2-23-14-20-8(5-17)4-11(18)21-14/h3-4,6H,1-2H2,(H2,18,20,21). The number of furan rings is 1. The third-order valence-corrected chi connectivity index (χ3v) is 4.67. The Kier molecular flexibility index (Phi) is 4.71. The minimum atomic E-state index is 0.255. The Morgan fingerprint density at radius 2 is 2.17 bits per heavy atom. The molecule has 0 aromatic carbocycles. The lowest BCUT2D eigenvalue weighted by Gasteiger charge is -2.03. The van der Waals surface area contributed by atoms with Gasteiger partial charge in [0, 0.05) is 22.9 Å². The fourth-order valence-electron chi connectivity index (χ4n) is 1.96. The van der Waals surface area contributed by atoms with Gasteiger partial charge in [0.25, 0.3) is 0 Å². The Hall–Kier alpha value is -1.82. The van der Waals surface area contributed by atoms with Gasteiger partial charge in [-0.1, -0.05) is 23.4 Å². The van der Waals surface area contributed by atoms with Gasteiger partial charge in [-0.2, -0.15) is 5.26 Å². The zero-order chi connectivity index (χ0) is 16.4. The summed E-state index contributed by atoms with van der Waals surface area (Å²) in [7, 11) is 0. The lowest BCUT2D eigenvalue weighted by molar-refractivity contribution is 0.612. The molecule has 0 saturated heterocycles. The monoisotopic (exact) mass is 409 g/mol. The number of aromatic nitrogens is 3. The van der Waals surface area contributed by atoms with Crippen molar-refractivity contribution in [3.63, 3.8) is 0 Å². The molecule has 0 aliphatic carbocycles. The van der Waals surface area contributed by atoms with Crippen LogP contribution in [0, 0.1) is 11.3 Å². The maximum absolute atomic E-state index is 8.88. The molecule has 3 rings (SSSR count). The summed E-state index contributed by atoms with van der Waals surface area (Å²) in [6.07, 6.45) is 2.25. The molecule has 0 aliphatic rings. The lowest BCUT2D eigenvalue weighted by atomic mass is 10.2. The summed E-state index contributed by atoms with van der Waals surface area (Å²) in [5, 5.41) is 10.6. The number of aryl methyl sites for hydroxylation is 1. The number of thioether (sulfide) groups is 1. The van der Waals surface area contributed by atoms with Gasteiger partial charge in [-0.25, -0.2) is 15.0 Å². The number of nitrogens with zero attached hydrogens (tertiary/aromatic N) is 4. The lowest BCUT2D eigenvalue weighted by Crippen LogP contribution is -1.99. The number of hydrogen-bond donors (Lipinski definition) is 1. The van der Waals surface area contributed by atoms with Crippen LogP contribution in [0.4, 0.5) is 5.82 Å². The highest BCUT2D eigenvalue weighted by Crippen LogP contribution is 2.31. The molecule has 0 atom stereocenters. The van der Waals surface area contributed by atoms with Crippen LogP contribution in [0.1, 0.15) is 11.4 Å². The molecule has 0 unspecified atom stereocenters. The molecule has 9 heteroatoms. The van der Waals surface area contributed by atoms with Gasteiger partial charge in [-0.15, -0.1) is 0 Å². The summed E-state index contributed by atoms with van der Waals surface area (Å²) in [5.74, 6) is 0.961. The summed E-state index contributed by atoms with van der Waals surface area (Å²) < 4.78 is 6.17. The maximum atomic E-state index is 8.88. The normalized spacial score (nSPS) is 10.8. The predicted octanol–water partition coefficient (Wildman–Crippen LogP) is 3.82. The van der Waals surface area contributed by atoms with E-state index in [1.165, 1.54) is 17.8 Å². The van der Waals surface area contributed by atoms with Crippen LogP contribution in [0.15, 0.2) is 32.4 Å². The Bertz CT molecular complexity index is 923. The molecule has 0 amide bonds. The first kappa shape index (κ1) is 16.1. The fourth-order valence-corrected chi connectivity index (χ4v) is 3.43. The van der Waals surface area contributed by atoms with Crippen LogP contribution in [-0.4, -0.2) is 20.7 Å². The first-order valence-electron chi connectivity index (χ1n) is 6.46. The van der Waals surface area contributed by atoms with Crippen molar-refractivity contribution < 1.29 is 4.42 Å². The molecule has 0 bridgehead atoms. The Morgan fingerprint density at radius 3 is 2.96 bits per heavy atom. The second-order valence-corrected chi connectivity index (χ2v) is 6.81. The molecular formula is C14H9BrClN5OS. The van der Waals surface area contributed by atoms with E-state index < -0.39 is 0 Å². The molecule has 0 saturated carbocycles. The molecular weight excluding hydrogens is 402 g/mol. The highest BCUT2D eigenvalue weighted by atomic mass is 79.9. The molecule has 116 valence electrons. The van der Waals surface area contributed by atoms with Gasteiger partial charge in [0.15, 0.2) is 15.9 Å². The van der Waals surface area contributed by atoms with Crippen molar-refractivity contribution >= 4 is 56.1 Å². The SMILES string of the molecule is N#Cc1cc(N)nc(SCCc2cc3c(Br)coc3c(Cl)n2)n1. The summed E-state index contributed by atoms with van der Waals surface area (Å²) >= 11 is 10.9. The highest BCUT2D eigenvalue weighted by molar-refractivity contribution is 9.10. The fraction of sp³-hybridized carbons (Fsp3) is 0.143. The Labute approximate surface area is 149 Å². The van der Waals surface area contributed by atoms with Crippen LogP contribution in [0.25, 0.3) is 11.0 Å². The molecule has 3 aromatic rings. The molecule has 6 nitrogen and oxygen atoms in total. The zero-order valence-corrected chi connectivity index (χ0v) is 14.7. The minimum absolute atomic E-state index is 0.255. The molecule has 3 heterocycles. The average molecular weight is 411 g/mol. The Morgan fingerprint density at radius 1 is 1.35 bits per heavy atom. The number of nitrogens with two attached hydrogens (primary N) is 1. The molecule has 3 aromatic heterocycles. The van der Waals surface area contributed by atoms with Crippen molar-refractivity contribution in [3.05, 3.63) is 39.4 Å². The minimum Gasteiger partial charge on any atom is -0.460 e. The largest absolute Gasteiger partial charge is 0.460 e. The van der Waals surface area contributed by atoms with Gasteiger partial charge in [0.2, 0.25) is 0 Å². The number of fused-ring (bicyclic) bond motifs is 1. The molecule has 0 fully saturated rings. The van der Waals surface area contributed by atoms with Crippen LogP contribution in [-0.2, 0) is 6.42 Å². The van der Waals surface area contributed by atoms with E-state index in [-0.39, 0.29) is 11.5 Å². The van der Waals surface area contributed by atoms with Crippen molar-refractivity contribution in [1.82, 2.24) is 15.0 Å². The van der Waals surface area contributed by atoms with E-state index in [9.17, 15) is 0 Å².